The molecule has 0 unspecified atom stereocenters. The van der Waals surface area contributed by atoms with Crippen LogP contribution < -0.4 is 5.73 Å². The third-order valence-electron chi connectivity index (χ3n) is 3.51. The molecule has 3 nitrogen and oxygen atoms in total. The monoisotopic (exact) mass is 240 g/mol. The zero-order valence-corrected chi connectivity index (χ0v) is 10.8. The minimum absolute atomic E-state index is 0.278. The number of thiazole rings is 1. The number of rotatable bonds is 2. The average Bonchev–Trinajstić information content (AvgIpc) is 2.51. The van der Waals surface area contributed by atoms with Crippen molar-refractivity contribution in [2.24, 2.45) is 5.73 Å². The summed E-state index contributed by atoms with van der Waals surface area (Å²) < 4.78 is 0. The van der Waals surface area contributed by atoms with Crippen molar-refractivity contribution in [3.63, 3.8) is 0 Å². The van der Waals surface area contributed by atoms with E-state index in [4.69, 9.17) is 5.73 Å². The Bertz CT molecular complexity index is 348. The molecule has 1 aromatic heterocycles. The number of hydrogen-bond donors (Lipinski definition) is 2. The molecule has 1 saturated carbocycles. The standard InChI is InChI=1S/C12H20N2OS/c1-8-9(2)16-11(14-8)7-12(15)5-3-10(13)4-6-12/h10,15H,3-7,13H2,1-2H3. The van der Waals surface area contributed by atoms with Crippen molar-refractivity contribution in [1.29, 1.82) is 0 Å². The van der Waals surface area contributed by atoms with Gasteiger partial charge in [0, 0.05) is 17.3 Å². The van der Waals surface area contributed by atoms with Crippen molar-refractivity contribution in [1.82, 2.24) is 4.98 Å². The Morgan fingerprint density at radius 2 is 2.06 bits per heavy atom. The van der Waals surface area contributed by atoms with Gasteiger partial charge in [-0.25, -0.2) is 4.98 Å². The van der Waals surface area contributed by atoms with E-state index in [0.717, 1.165) is 36.4 Å². The van der Waals surface area contributed by atoms with Gasteiger partial charge in [0.2, 0.25) is 0 Å². The van der Waals surface area contributed by atoms with Gasteiger partial charge in [-0.15, -0.1) is 11.3 Å². The topological polar surface area (TPSA) is 59.1 Å². The lowest BCUT2D eigenvalue weighted by atomic mass is 9.80. The molecule has 0 aromatic carbocycles. The number of aliphatic hydroxyl groups is 1. The van der Waals surface area contributed by atoms with Gasteiger partial charge in [-0.3, -0.25) is 0 Å². The van der Waals surface area contributed by atoms with Gasteiger partial charge in [-0.1, -0.05) is 0 Å². The maximum absolute atomic E-state index is 10.5. The second-order valence-electron chi connectivity index (χ2n) is 4.99. The molecule has 90 valence electrons. The zero-order chi connectivity index (χ0) is 11.8. The van der Waals surface area contributed by atoms with Crippen LogP contribution >= 0.6 is 11.3 Å². The highest BCUT2D eigenvalue weighted by Gasteiger charge is 2.33. The molecule has 3 N–H and O–H groups in total. The number of hydrogen-bond acceptors (Lipinski definition) is 4. The van der Waals surface area contributed by atoms with Crippen molar-refractivity contribution in [2.75, 3.05) is 0 Å². The van der Waals surface area contributed by atoms with Crippen molar-refractivity contribution in [3.05, 3.63) is 15.6 Å². The molecular formula is C12H20N2OS. The van der Waals surface area contributed by atoms with Crippen LogP contribution in [0, 0.1) is 13.8 Å². The lowest BCUT2D eigenvalue weighted by Gasteiger charge is -2.34. The smallest absolute Gasteiger partial charge is 0.0959 e. The van der Waals surface area contributed by atoms with Crippen LogP contribution in [0.25, 0.3) is 0 Å². The lowest BCUT2D eigenvalue weighted by Crippen LogP contribution is -2.40. The zero-order valence-electron chi connectivity index (χ0n) is 9.99. The first-order valence-electron chi connectivity index (χ1n) is 5.89. The molecule has 1 aromatic rings. The fraction of sp³-hybridized carbons (Fsp3) is 0.750. The lowest BCUT2D eigenvalue weighted by molar-refractivity contribution is 0.000169. The molecule has 1 aliphatic rings. The van der Waals surface area contributed by atoms with Gasteiger partial charge >= 0.3 is 0 Å². The van der Waals surface area contributed by atoms with Crippen LogP contribution in [0.5, 0.6) is 0 Å². The third kappa shape index (κ3) is 2.62. The highest BCUT2D eigenvalue weighted by molar-refractivity contribution is 7.11. The molecular weight excluding hydrogens is 220 g/mol. The van der Waals surface area contributed by atoms with Crippen LogP contribution in [-0.2, 0) is 6.42 Å². The van der Waals surface area contributed by atoms with Gasteiger partial charge < -0.3 is 10.8 Å². The summed E-state index contributed by atoms with van der Waals surface area (Å²) >= 11 is 1.70. The molecule has 0 radical (unpaired) electrons. The van der Waals surface area contributed by atoms with Crippen molar-refractivity contribution >= 4 is 11.3 Å². The summed E-state index contributed by atoms with van der Waals surface area (Å²) in [6.45, 7) is 4.10. The molecule has 1 fully saturated rings. The maximum atomic E-state index is 10.5. The second-order valence-corrected chi connectivity index (χ2v) is 6.28. The highest BCUT2D eigenvalue weighted by atomic mass is 32.1. The predicted molar refractivity (Wildman–Crippen MR) is 66.7 cm³/mol. The van der Waals surface area contributed by atoms with Gasteiger partial charge in [0.25, 0.3) is 0 Å². The highest BCUT2D eigenvalue weighted by Crippen LogP contribution is 2.32. The van der Waals surface area contributed by atoms with Crippen LogP contribution in [-0.4, -0.2) is 21.7 Å². The fourth-order valence-corrected chi connectivity index (χ4v) is 3.32. The van der Waals surface area contributed by atoms with Crippen molar-refractivity contribution < 1.29 is 5.11 Å². The van der Waals surface area contributed by atoms with Crippen LogP contribution in [0.2, 0.25) is 0 Å². The molecule has 16 heavy (non-hydrogen) atoms. The predicted octanol–water partition coefficient (Wildman–Crippen LogP) is 1.93. The van der Waals surface area contributed by atoms with E-state index >= 15 is 0 Å². The molecule has 0 amide bonds. The molecule has 0 saturated heterocycles. The Morgan fingerprint density at radius 3 is 2.56 bits per heavy atom. The van der Waals surface area contributed by atoms with Crippen LogP contribution in [0.15, 0.2) is 0 Å². The van der Waals surface area contributed by atoms with E-state index < -0.39 is 5.60 Å². The Morgan fingerprint density at radius 1 is 1.44 bits per heavy atom. The summed E-state index contributed by atoms with van der Waals surface area (Å²) in [6, 6.07) is 0.278. The van der Waals surface area contributed by atoms with E-state index in [2.05, 4.69) is 11.9 Å². The van der Waals surface area contributed by atoms with E-state index in [1.807, 2.05) is 6.92 Å². The minimum Gasteiger partial charge on any atom is -0.389 e. The summed E-state index contributed by atoms with van der Waals surface area (Å²) in [4.78, 5) is 5.75. The average molecular weight is 240 g/mol. The SMILES string of the molecule is Cc1nc(CC2(O)CCC(N)CC2)sc1C. The molecule has 2 rings (SSSR count). The molecule has 1 heterocycles. The van der Waals surface area contributed by atoms with Gasteiger partial charge in [0.1, 0.15) is 0 Å². The molecule has 4 heteroatoms. The first-order chi connectivity index (χ1) is 7.48. The third-order valence-corrected chi connectivity index (χ3v) is 4.59. The van der Waals surface area contributed by atoms with E-state index in [9.17, 15) is 5.11 Å². The normalized spacial score (nSPS) is 30.6. The minimum atomic E-state index is -0.563. The molecule has 0 atom stereocenters. The Kier molecular flexibility index (Phi) is 3.33. The second kappa shape index (κ2) is 4.43. The fourth-order valence-electron chi connectivity index (χ4n) is 2.25. The maximum Gasteiger partial charge on any atom is 0.0959 e. The molecule has 1 aliphatic carbocycles. The van der Waals surface area contributed by atoms with E-state index in [0.29, 0.717) is 6.42 Å². The quantitative estimate of drug-likeness (QED) is 0.830. The van der Waals surface area contributed by atoms with Crippen LogP contribution in [0.3, 0.4) is 0 Å². The van der Waals surface area contributed by atoms with E-state index in [-0.39, 0.29) is 6.04 Å². The largest absolute Gasteiger partial charge is 0.389 e. The number of aryl methyl sites for hydroxylation is 2. The number of nitrogens with two attached hydrogens (primary N) is 1. The molecule has 0 bridgehead atoms. The Labute approximate surface area is 101 Å². The molecule has 0 aliphatic heterocycles. The van der Waals surface area contributed by atoms with Gasteiger partial charge in [-0.2, -0.15) is 0 Å². The number of nitrogens with zero attached hydrogens (tertiary/aromatic N) is 1. The van der Waals surface area contributed by atoms with Gasteiger partial charge in [0.05, 0.1) is 16.3 Å². The van der Waals surface area contributed by atoms with Crippen molar-refractivity contribution in [2.45, 2.75) is 57.6 Å². The summed E-state index contributed by atoms with van der Waals surface area (Å²) in [5, 5.41) is 11.5. The van der Waals surface area contributed by atoms with Crippen LogP contribution in [0.1, 0.15) is 41.3 Å². The van der Waals surface area contributed by atoms with Crippen LogP contribution in [0.4, 0.5) is 0 Å². The summed E-state index contributed by atoms with van der Waals surface area (Å²) in [5.74, 6) is 0. The van der Waals surface area contributed by atoms with E-state index in [1.165, 1.54) is 4.88 Å². The van der Waals surface area contributed by atoms with E-state index in [1.54, 1.807) is 11.3 Å². The van der Waals surface area contributed by atoms with Gasteiger partial charge in [-0.05, 0) is 39.5 Å². The van der Waals surface area contributed by atoms with Crippen molar-refractivity contribution in [3.8, 4) is 0 Å². The van der Waals surface area contributed by atoms with Gasteiger partial charge in [0.15, 0.2) is 0 Å². The summed E-state index contributed by atoms with van der Waals surface area (Å²) in [6.07, 6.45) is 4.18. The Balaban J connectivity index is 2.03. The first kappa shape index (κ1) is 12.0. The molecule has 0 spiro atoms. The number of aromatic nitrogens is 1. The summed E-state index contributed by atoms with van der Waals surface area (Å²) in [7, 11) is 0. The first-order valence-corrected chi connectivity index (χ1v) is 6.71. The Hall–Kier alpha value is -0.450. The summed E-state index contributed by atoms with van der Waals surface area (Å²) in [5.41, 5.74) is 6.38.